The van der Waals surface area contributed by atoms with Crippen molar-refractivity contribution in [3.63, 3.8) is 0 Å². The van der Waals surface area contributed by atoms with Crippen LogP contribution in [0.2, 0.25) is 0 Å². The molecule has 0 saturated carbocycles. The Morgan fingerprint density at radius 3 is 2.39 bits per heavy atom. The summed E-state index contributed by atoms with van der Waals surface area (Å²) in [7, 11) is 1.60. The molecule has 0 spiro atoms. The standard InChI is InChI=1S/C28H30N6O4/c1-17-11-18(2)26(19(3)12-17)27(35)32-23(28(36)37)13-20-5-7-21(8-6-20)34-16-31-25(33-34)15-30-24-14-22(38-4)9-10-29-24/h5-12,14,16,23H,13,15H2,1-4H3,(H,29,30)(H,32,35)(H,36,37). The summed E-state index contributed by atoms with van der Waals surface area (Å²) >= 11 is 0. The van der Waals surface area contributed by atoms with E-state index in [4.69, 9.17) is 4.74 Å². The number of carbonyl (C=O) groups is 2. The van der Waals surface area contributed by atoms with E-state index in [-0.39, 0.29) is 6.42 Å². The first kappa shape index (κ1) is 26.3. The Labute approximate surface area is 220 Å². The molecule has 196 valence electrons. The summed E-state index contributed by atoms with van der Waals surface area (Å²) in [6.45, 7) is 6.04. The van der Waals surface area contributed by atoms with Crippen LogP contribution in [0, 0.1) is 20.8 Å². The lowest BCUT2D eigenvalue weighted by atomic mass is 9.98. The number of ether oxygens (including phenoxy) is 1. The number of hydrogen-bond donors (Lipinski definition) is 3. The molecular weight excluding hydrogens is 484 g/mol. The first-order chi connectivity index (χ1) is 18.2. The molecule has 1 atom stereocenters. The van der Waals surface area contributed by atoms with Gasteiger partial charge in [0.1, 0.15) is 23.9 Å². The highest BCUT2D eigenvalue weighted by atomic mass is 16.5. The molecule has 4 aromatic rings. The molecule has 0 aliphatic carbocycles. The molecule has 4 rings (SSSR count). The summed E-state index contributed by atoms with van der Waals surface area (Å²) in [6, 6.07) is 13.6. The first-order valence-corrected chi connectivity index (χ1v) is 12.1. The molecule has 38 heavy (non-hydrogen) atoms. The molecule has 2 aromatic carbocycles. The van der Waals surface area contributed by atoms with E-state index in [1.165, 1.54) is 0 Å². The van der Waals surface area contributed by atoms with Gasteiger partial charge in [0, 0.05) is 24.2 Å². The predicted octanol–water partition coefficient (Wildman–Crippen LogP) is 3.63. The third-order valence-electron chi connectivity index (χ3n) is 6.08. The van der Waals surface area contributed by atoms with E-state index < -0.39 is 17.9 Å². The van der Waals surface area contributed by atoms with E-state index in [1.807, 2.05) is 57.2 Å². The van der Waals surface area contributed by atoms with Crippen LogP contribution < -0.4 is 15.4 Å². The number of pyridine rings is 1. The second kappa shape index (κ2) is 11.5. The van der Waals surface area contributed by atoms with Crippen molar-refractivity contribution in [2.45, 2.75) is 39.8 Å². The molecule has 0 aliphatic rings. The fourth-order valence-electron chi connectivity index (χ4n) is 4.30. The van der Waals surface area contributed by atoms with Crippen LogP contribution in [-0.2, 0) is 17.8 Å². The lowest BCUT2D eigenvalue weighted by Crippen LogP contribution is -2.42. The Morgan fingerprint density at radius 1 is 1.03 bits per heavy atom. The number of aryl methyl sites for hydroxylation is 3. The van der Waals surface area contributed by atoms with Gasteiger partial charge in [0.2, 0.25) is 0 Å². The number of methoxy groups -OCH3 is 1. The monoisotopic (exact) mass is 514 g/mol. The van der Waals surface area contributed by atoms with Crippen molar-refractivity contribution in [1.82, 2.24) is 25.1 Å². The van der Waals surface area contributed by atoms with Crippen LogP contribution >= 0.6 is 0 Å². The molecule has 0 bridgehead atoms. The molecule has 0 aliphatic heterocycles. The smallest absolute Gasteiger partial charge is 0.326 e. The molecule has 1 unspecified atom stereocenters. The highest BCUT2D eigenvalue weighted by Crippen LogP contribution is 2.18. The van der Waals surface area contributed by atoms with Crippen molar-refractivity contribution in [2.75, 3.05) is 12.4 Å². The minimum absolute atomic E-state index is 0.144. The number of hydrogen-bond acceptors (Lipinski definition) is 7. The second-order valence-electron chi connectivity index (χ2n) is 9.05. The van der Waals surface area contributed by atoms with Gasteiger partial charge in [-0.05, 0) is 55.7 Å². The first-order valence-electron chi connectivity index (χ1n) is 12.1. The topological polar surface area (TPSA) is 131 Å². The molecule has 0 radical (unpaired) electrons. The number of carboxylic acids is 1. The maximum Gasteiger partial charge on any atom is 0.326 e. The van der Waals surface area contributed by atoms with Gasteiger partial charge < -0.3 is 20.5 Å². The number of rotatable bonds is 10. The Hall–Kier alpha value is -4.73. The van der Waals surface area contributed by atoms with E-state index in [0.717, 1.165) is 27.9 Å². The van der Waals surface area contributed by atoms with Gasteiger partial charge in [-0.15, -0.1) is 5.10 Å². The van der Waals surface area contributed by atoms with Crippen LogP contribution in [0.4, 0.5) is 5.82 Å². The number of carboxylic acid groups (broad SMARTS) is 1. The second-order valence-corrected chi connectivity index (χ2v) is 9.05. The molecule has 3 N–H and O–H groups in total. The highest BCUT2D eigenvalue weighted by molar-refractivity contribution is 5.99. The van der Waals surface area contributed by atoms with E-state index >= 15 is 0 Å². The zero-order chi connectivity index (χ0) is 27.2. The number of nitrogens with zero attached hydrogens (tertiary/aromatic N) is 4. The van der Waals surface area contributed by atoms with Crippen molar-refractivity contribution >= 4 is 17.7 Å². The van der Waals surface area contributed by atoms with Crippen molar-refractivity contribution in [3.8, 4) is 11.4 Å². The van der Waals surface area contributed by atoms with E-state index in [9.17, 15) is 14.7 Å². The molecule has 10 heteroatoms. The molecule has 0 fully saturated rings. The van der Waals surface area contributed by atoms with Crippen molar-refractivity contribution in [1.29, 1.82) is 0 Å². The molecule has 10 nitrogen and oxygen atoms in total. The Kier molecular flexibility index (Phi) is 8.00. The SMILES string of the molecule is COc1ccnc(NCc2ncn(-c3ccc(CC(NC(=O)c4c(C)cc(C)cc4C)C(=O)O)cc3)n2)c1. The number of anilines is 1. The number of aliphatic carboxylic acids is 1. The van der Waals surface area contributed by atoms with Crippen molar-refractivity contribution in [2.24, 2.45) is 0 Å². The van der Waals surface area contributed by atoms with Crippen LogP contribution in [0.5, 0.6) is 5.75 Å². The summed E-state index contributed by atoms with van der Waals surface area (Å²) in [4.78, 5) is 33.4. The van der Waals surface area contributed by atoms with Crippen LogP contribution in [0.1, 0.15) is 38.4 Å². The van der Waals surface area contributed by atoms with Gasteiger partial charge >= 0.3 is 5.97 Å². The summed E-state index contributed by atoms with van der Waals surface area (Å²) in [5.41, 5.74) is 4.73. The molecule has 2 aromatic heterocycles. The molecule has 1 amide bonds. The summed E-state index contributed by atoms with van der Waals surface area (Å²) in [5.74, 6) is 0.443. The van der Waals surface area contributed by atoms with Crippen molar-refractivity contribution in [3.05, 3.63) is 94.7 Å². The van der Waals surface area contributed by atoms with E-state index in [1.54, 1.807) is 36.4 Å². The Morgan fingerprint density at radius 2 is 1.74 bits per heavy atom. The van der Waals surface area contributed by atoms with Crippen LogP contribution in [0.15, 0.2) is 61.1 Å². The van der Waals surface area contributed by atoms with Crippen LogP contribution in [-0.4, -0.2) is 49.9 Å². The van der Waals surface area contributed by atoms with Gasteiger partial charge in [-0.2, -0.15) is 0 Å². The minimum atomic E-state index is -1.09. The Balaban J connectivity index is 1.39. The zero-order valence-corrected chi connectivity index (χ0v) is 21.7. The lowest BCUT2D eigenvalue weighted by Gasteiger charge is -2.17. The quantitative estimate of drug-likeness (QED) is 0.292. The van der Waals surface area contributed by atoms with Gasteiger partial charge in [0.25, 0.3) is 5.91 Å². The van der Waals surface area contributed by atoms with Gasteiger partial charge in [-0.3, -0.25) is 4.79 Å². The molecule has 0 saturated heterocycles. The fraction of sp³-hybridized carbons (Fsp3) is 0.250. The molecule has 2 heterocycles. The number of aromatic nitrogens is 4. The maximum atomic E-state index is 12.9. The Bertz CT molecular complexity index is 1420. The minimum Gasteiger partial charge on any atom is -0.497 e. The zero-order valence-electron chi connectivity index (χ0n) is 21.7. The third-order valence-corrected chi connectivity index (χ3v) is 6.08. The van der Waals surface area contributed by atoms with Gasteiger partial charge in [0.15, 0.2) is 5.82 Å². The van der Waals surface area contributed by atoms with Gasteiger partial charge in [-0.1, -0.05) is 29.8 Å². The summed E-state index contributed by atoms with van der Waals surface area (Å²) in [5, 5.41) is 20.1. The number of benzene rings is 2. The van der Waals surface area contributed by atoms with Crippen LogP contribution in [0.3, 0.4) is 0 Å². The van der Waals surface area contributed by atoms with E-state index in [0.29, 0.717) is 29.5 Å². The number of nitrogens with one attached hydrogen (secondary N) is 2. The highest BCUT2D eigenvalue weighted by Gasteiger charge is 2.23. The summed E-state index contributed by atoms with van der Waals surface area (Å²) in [6.07, 6.45) is 3.41. The normalized spacial score (nSPS) is 11.6. The summed E-state index contributed by atoms with van der Waals surface area (Å²) < 4.78 is 6.84. The van der Waals surface area contributed by atoms with Crippen LogP contribution in [0.25, 0.3) is 5.69 Å². The fourth-order valence-corrected chi connectivity index (χ4v) is 4.30. The van der Waals surface area contributed by atoms with E-state index in [2.05, 4.69) is 25.7 Å². The predicted molar refractivity (Wildman–Crippen MR) is 143 cm³/mol. The van der Waals surface area contributed by atoms with Gasteiger partial charge in [-0.25, -0.2) is 19.4 Å². The largest absolute Gasteiger partial charge is 0.497 e. The average Bonchev–Trinajstić information content (AvgIpc) is 3.36. The van der Waals surface area contributed by atoms with Crippen molar-refractivity contribution < 1.29 is 19.4 Å². The number of amides is 1. The van der Waals surface area contributed by atoms with Gasteiger partial charge in [0.05, 0.1) is 19.3 Å². The maximum absolute atomic E-state index is 12.9. The average molecular weight is 515 g/mol. The molecular formula is C28H30N6O4. The lowest BCUT2D eigenvalue weighted by molar-refractivity contribution is -0.139. The number of carbonyl (C=O) groups excluding carboxylic acids is 1. The third kappa shape index (κ3) is 6.33.